The summed E-state index contributed by atoms with van der Waals surface area (Å²) in [6, 6.07) is 23.9. The topological polar surface area (TPSA) is 176 Å². The molecule has 0 aliphatic carbocycles. The number of ether oxygens (including phenoxy) is 1. The Balaban J connectivity index is 0.000000652. The SMILES string of the molecule is COc1cccc(-c2nc3c(C#N)c(NCc4ccncc4)c4cc(-c5cccnc5)ccc4n3n2)c1.O=S(=O)(O)O. The van der Waals surface area contributed by atoms with Gasteiger partial charge in [0, 0.05) is 47.8 Å². The Labute approximate surface area is 240 Å². The Morgan fingerprint density at radius 3 is 2.40 bits per heavy atom. The van der Waals surface area contributed by atoms with Crippen molar-refractivity contribution in [1.29, 1.82) is 5.26 Å². The van der Waals surface area contributed by atoms with Crippen molar-refractivity contribution >= 4 is 32.6 Å². The Morgan fingerprint density at radius 2 is 1.71 bits per heavy atom. The Kier molecular flexibility index (Phi) is 8.02. The van der Waals surface area contributed by atoms with Crippen LogP contribution in [-0.2, 0) is 16.9 Å². The van der Waals surface area contributed by atoms with Gasteiger partial charge in [-0.25, -0.2) is 9.50 Å². The van der Waals surface area contributed by atoms with E-state index in [4.69, 9.17) is 32.3 Å². The zero-order valence-corrected chi connectivity index (χ0v) is 22.9. The summed E-state index contributed by atoms with van der Waals surface area (Å²) in [5, 5.41) is 19.5. The van der Waals surface area contributed by atoms with Crippen LogP contribution in [0.2, 0.25) is 0 Å². The summed E-state index contributed by atoms with van der Waals surface area (Å²) < 4.78 is 38.7. The highest BCUT2D eigenvalue weighted by Gasteiger charge is 2.20. The van der Waals surface area contributed by atoms with Crippen molar-refractivity contribution in [1.82, 2.24) is 24.6 Å². The number of nitrogens with zero attached hydrogens (tertiary/aromatic N) is 6. The van der Waals surface area contributed by atoms with E-state index in [0.29, 0.717) is 35.0 Å². The van der Waals surface area contributed by atoms with Crippen LogP contribution < -0.4 is 10.1 Å². The van der Waals surface area contributed by atoms with Gasteiger partial charge in [-0.1, -0.05) is 24.3 Å². The molecule has 0 amide bonds. The van der Waals surface area contributed by atoms with Crippen molar-refractivity contribution in [2.24, 2.45) is 0 Å². The number of pyridine rings is 3. The van der Waals surface area contributed by atoms with Crippen molar-refractivity contribution in [3.05, 3.63) is 103 Å². The van der Waals surface area contributed by atoms with E-state index in [1.807, 2.05) is 66.9 Å². The lowest BCUT2D eigenvalue weighted by atomic mass is 10.0. The predicted octanol–water partition coefficient (Wildman–Crippen LogP) is 4.85. The van der Waals surface area contributed by atoms with Gasteiger partial charge in [0.05, 0.1) is 18.3 Å². The number of fused-ring (bicyclic) bond motifs is 3. The molecule has 4 aromatic heterocycles. The standard InChI is InChI=1S/C29H21N7O.H2O4S/c1-37-23-6-2-4-21(14-23)28-34-29-25(16-30)27(33-17-19-9-12-31-13-10-19)24-15-20(22-5-3-11-32-18-22)7-8-26(24)36(29)35-28;1-5(2,3)4/h2-15,18,33H,17H2,1H3;(H2,1,2,3,4). The zero-order valence-electron chi connectivity index (χ0n) is 22.1. The number of hydrogen-bond acceptors (Lipinski definition) is 9. The predicted molar refractivity (Wildman–Crippen MR) is 156 cm³/mol. The number of methoxy groups -OCH3 is 1. The number of nitriles is 1. The zero-order chi connectivity index (χ0) is 29.7. The van der Waals surface area contributed by atoms with Crippen molar-refractivity contribution in [3.8, 4) is 34.3 Å². The van der Waals surface area contributed by atoms with Crippen molar-refractivity contribution in [2.75, 3.05) is 12.4 Å². The van der Waals surface area contributed by atoms with Gasteiger partial charge in [-0.05, 0) is 53.6 Å². The van der Waals surface area contributed by atoms with Crippen molar-refractivity contribution in [3.63, 3.8) is 0 Å². The Bertz CT molecular complexity index is 2020. The smallest absolute Gasteiger partial charge is 0.394 e. The molecule has 0 fully saturated rings. The minimum absolute atomic E-state index is 0.423. The molecule has 0 saturated carbocycles. The summed E-state index contributed by atoms with van der Waals surface area (Å²) in [7, 11) is -3.04. The second kappa shape index (κ2) is 12.0. The number of rotatable bonds is 6. The molecule has 42 heavy (non-hydrogen) atoms. The summed E-state index contributed by atoms with van der Waals surface area (Å²) in [5.41, 5.74) is 6.28. The third kappa shape index (κ3) is 6.31. The van der Waals surface area contributed by atoms with Gasteiger partial charge in [0.25, 0.3) is 0 Å². The molecule has 0 saturated heterocycles. The molecule has 210 valence electrons. The summed E-state index contributed by atoms with van der Waals surface area (Å²) in [5.74, 6) is 1.22. The lowest BCUT2D eigenvalue weighted by Crippen LogP contribution is -2.05. The fraction of sp³-hybridized carbons (Fsp3) is 0.0690. The summed E-state index contributed by atoms with van der Waals surface area (Å²) in [4.78, 5) is 13.1. The number of nitrogens with one attached hydrogen (secondary N) is 1. The highest BCUT2D eigenvalue weighted by Crippen LogP contribution is 2.35. The molecule has 0 aliphatic rings. The van der Waals surface area contributed by atoms with Gasteiger partial charge in [0.2, 0.25) is 0 Å². The maximum absolute atomic E-state index is 10.3. The molecule has 2 aromatic carbocycles. The maximum Gasteiger partial charge on any atom is 0.394 e. The van der Waals surface area contributed by atoms with E-state index in [1.54, 1.807) is 30.2 Å². The largest absolute Gasteiger partial charge is 0.497 e. The van der Waals surface area contributed by atoms with Crippen LogP contribution in [0.15, 0.2) is 91.5 Å². The van der Waals surface area contributed by atoms with Gasteiger partial charge in [-0.15, -0.1) is 5.10 Å². The molecule has 6 rings (SSSR count). The Hall–Kier alpha value is -5.42. The quantitative estimate of drug-likeness (QED) is 0.229. The second-order valence-corrected chi connectivity index (χ2v) is 9.79. The average molecular weight is 582 g/mol. The first-order valence-corrected chi connectivity index (χ1v) is 13.8. The van der Waals surface area contributed by atoms with E-state index in [9.17, 15) is 5.26 Å². The molecule has 13 heteroatoms. The first-order valence-electron chi connectivity index (χ1n) is 12.4. The highest BCUT2D eigenvalue weighted by molar-refractivity contribution is 7.79. The van der Waals surface area contributed by atoms with E-state index < -0.39 is 10.4 Å². The van der Waals surface area contributed by atoms with Crippen molar-refractivity contribution < 1.29 is 22.3 Å². The third-order valence-corrected chi connectivity index (χ3v) is 6.23. The highest BCUT2D eigenvalue weighted by atomic mass is 32.3. The minimum atomic E-state index is -4.67. The van der Waals surface area contributed by atoms with Crippen LogP contribution >= 0.6 is 0 Å². The number of aromatic nitrogens is 5. The molecule has 0 atom stereocenters. The van der Waals surface area contributed by atoms with E-state index in [2.05, 4.69) is 27.4 Å². The summed E-state index contributed by atoms with van der Waals surface area (Å²) >= 11 is 0. The monoisotopic (exact) mass is 581 g/mol. The minimum Gasteiger partial charge on any atom is -0.497 e. The van der Waals surface area contributed by atoms with Gasteiger partial charge in [0.1, 0.15) is 17.4 Å². The number of anilines is 1. The molecular weight excluding hydrogens is 558 g/mol. The van der Waals surface area contributed by atoms with Crippen LogP contribution in [0.1, 0.15) is 11.1 Å². The molecule has 0 radical (unpaired) electrons. The molecule has 0 spiro atoms. The van der Waals surface area contributed by atoms with Gasteiger partial charge in [-0.2, -0.15) is 13.7 Å². The molecule has 0 bridgehead atoms. The fourth-order valence-corrected chi connectivity index (χ4v) is 4.39. The van der Waals surface area contributed by atoms with Gasteiger partial charge in [-0.3, -0.25) is 19.1 Å². The molecule has 4 heterocycles. The lowest BCUT2D eigenvalue weighted by molar-refractivity contribution is 0.381. The molecule has 3 N–H and O–H groups in total. The van der Waals surface area contributed by atoms with Crippen molar-refractivity contribution in [2.45, 2.75) is 6.54 Å². The van der Waals surface area contributed by atoms with E-state index in [0.717, 1.165) is 33.2 Å². The normalized spacial score (nSPS) is 11.0. The molecule has 0 unspecified atom stereocenters. The van der Waals surface area contributed by atoms with E-state index in [-0.39, 0.29) is 0 Å². The molecule has 0 aliphatic heterocycles. The van der Waals surface area contributed by atoms with Gasteiger partial charge < -0.3 is 10.1 Å². The number of benzene rings is 2. The van der Waals surface area contributed by atoms with Crippen LogP contribution in [0.4, 0.5) is 5.69 Å². The van der Waals surface area contributed by atoms with Crippen LogP contribution in [0.3, 0.4) is 0 Å². The van der Waals surface area contributed by atoms with E-state index in [1.165, 1.54) is 0 Å². The fourth-order valence-electron chi connectivity index (χ4n) is 4.39. The maximum atomic E-state index is 10.3. The first kappa shape index (κ1) is 28.1. The van der Waals surface area contributed by atoms with Crippen LogP contribution in [0, 0.1) is 11.3 Å². The lowest BCUT2D eigenvalue weighted by Gasteiger charge is -2.14. The van der Waals surface area contributed by atoms with Gasteiger partial charge in [0.15, 0.2) is 11.5 Å². The number of hydrogen-bond donors (Lipinski definition) is 3. The van der Waals surface area contributed by atoms with Crippen LogP contribution in [-0.4, -0.2) is 49.2 Å². The summed E-state index contributed by atoms with van der Waals surface area (Å²) in [6.45, 7) is 0.524. The van der Waals surface area contributed by atoms with E-state index >= 15 is 0 Å². The van der Waals surface area contributed by atoms with Crippen LogP contribution in [0.5, 0.6) is 5.75 Å². The molecule has 12 nitrogen and oxygen atoms in total. The average Bonchev–Trinajstić information content (AvgIpc) is 3.45. The second-order valence-electron chi connectivity index (χ2n) is 8.90. The first-order chi connectivity index (χ1) is 20.2. The summed E-state index contributed by atoms with van der Waals surface area (Å²) in [6.07, 6.45) is 7.08. The molecule has 6 aromatic rings. The molecular formula is C29H23N7O5S. The van der Waals surface area contributed by atoms with Crippen LogP contribution in [0.25, 0.3) is 39.1 Å². The Morgan fingerprint density at radius 1 is 0.952 bits per heavy atom. The van der Waals surface area contributed by atoms with Gasteiger partial charge >= 0.3 is 10.4 Å². The third-order valence-electron chi connectivity index (χ3n) is 6.23.